The van der Waals surface area contributed by atoms with Crippen LogP contribution in [-0.4, -0.2) is 29.4 Å². The fourth-order valence-corrected chi connectivity index (χ4v) is 3.70. The third kappa shape index (κ3) is 5.48. The van der Waals surface area contributed by atoms with E-state index >= 15 is 0 Å². The average Bonchev–Trinajstić information content (AvgIpc) is 2.85. The quantitative estimate of drug-likeness (QED) is 0.491. The zero-order valence-electron chi connectivity index (χ0n) is 15.0. The highest BCUT2D eigenvalue weighted by atomic mass is 16.2. The number of hydrogen-bond donors (Lipinski definition) is 2. The Morgan fingerprint density at radius 2 is 1.76 bits per heavy atom. The highest BCUT2D eigenvalue weighted by Crippen LogP contribution is 2.17. The molecule has 1 aromatic rings. The van der Waals surface area contributed by atoms with Gasteiger partial charge >= 0.3 is 0 Å². The predicted molar refractivity (Wildman–Crippen MR) is 101 cm³/mol. The standard InChI is InChI=1S/C20H30N4O/c21-20(23-18-6-3-1-2-4-7-18)22-14-16-9-11-17(12-10-16)15-24-13-5-8-19(24)25/h9-12,18H,1-8,13-15H2,(H3,21,22,23). The van der Waals surface area contributed by atoms with Crippen LogP contribution >= 0.6 is 0 Å². The minimum absolute atomic E-state index is 0.269. The van der Waals surface area contributed by atoms with Crippen LogP contribution in [0.25, 0.3) is 0 Å². The van der Waals surface area contributed by atoms with E-state index in [1.54, 1.807) is 0 Å². The number of nitrogens with one attached hydrogen (secondary N) is 1. The number of aliphatic imine (C=N–C) groups is 1. The van der Waals surface area contributed by atoms with Gasteiger partial charge in [-0.1, -0.05) is 49.9 Å². The van der Waals surface area contributed by atoms with Crippen molar-refractivity contribution in [2.75, 3.05) is 6.54 Å². The van der Waals surface area contributed by atoms with E-state index in [4.69, 9.17) is 5.73 Å². The molecular weight excluding hydrogens is 312 g/mol. The summed E-state index contributed by atoms with van der Waals surface area (Å²) < 4.78 is 0. The lowest BCUT2D eigenvalue weighted by Gasteiger charge is -2.17. The van der Waals surface area contributed by atoms with E-state index in [1.807, 2.05) is 4.90 Å². The maximum Gasteiger partial charge on any atom is 0.222 e. The highest BCUT2D eigenvalue weighted by Gasteiger charge is 2.19. The molecule has 5 nitrogen and oxygen atoms in total. The van der Waals surface area contributed by atoms with Gasteiger partial charge in [-0.2, -0.15) is 0 Å². The van der Waals surface area contributed by atoms with E-state index in [1.165, 1.54) is 44.1 Å². The van der Waals surface area contributed by atoms with Crippen molar-refractivity contribution in [1.82, 2.24) is 10.2 Å². The predicted octanol–water partition coefficient (Wildman–Crippen LogP) is 2.94. The van der Waals surface area contributed by atoms with E-state index in [0.29, 0.717) is 31.5 Å². The molecule has 1 aromatic carbocycles. The number of nitrogens with two attached hydrogens (primary N) is 1. The Labute approximate surface area is 150 Å². The first-order valence-electron chi connectivity index (χ1n) is 9.63. The Morgan fingerprint density at radius 1 is 1.08 bits per heavy atom. The molecule has 0 unspecified atom stereocenters. The van der Waals surface area contributed by atoms with Crippen molar-refractivity contribution in [3.8, 4) is 0 Å². The molecule has 5 heteroatoms. The number of rotatable bonds is 5. The Hall–Kier alpha value is -2.04. The third-order valence-corrected chi connectivity index (χ3v) is 5.21. The fraction of sp³-hybridized carbons (Fsp3) is 0.600. The largest absolute Gasteiger partial charge is 0.370 e. The molecule has 0 atom stereocenters. The summed E-state index contributed by atoms with van der Waals surface area (Å²) in [5, 5.41) is 3.38. The van der Waals surface area contributed by atoms with Gasteiger partial charge in [-0.05, 0) is 30.4 Å². The second-order valence-electron chi connectivity index (χ2n) is 7.27. The molecule has 1 saturated heterocycles. The molecule has 136 valence electrons. The van der Waals surface area contributed by atoms with Gasteiger partial charge in [0.15, 0.2) is 5.96 Å². The molecule has 25 heavy (non-hydrogen) atoms. The molecular formula is C20H30N4O. The van der Waals surface area contributed by atoms with Crippen LogP contribution in [0.15, 0.2) is 29.3 Å². The van der Waals surface area contributed by atoms with Gasteiger partial charge < -0.3 is 16.0 Å². The Bertz CT molecular complexity index is 588. The number of carbonyl (C=O) groups excluding carboxylic acids is 1. The molecule has 2 fully saturated rings. The summed E-state index contributed by atoms with van der Waals surface area (Å²) in [4.78, 5) is 18.1. The topological polar surface area (TPSA) is 70.7 Å². The zero-order chi connectivity index (χ0) is 17.5. The molecule has 0 bridgehead atoms. The minimum Gasteiger partial charge on any atom is -0.370 e. The molecule has 3 rings (SSSR count). The highest BCUT2D eigenvalue weighted by molar-refractivity contribution is 5.78. The van der Waals surface area contributed by atoms with Crippen molar-refractivity contribution in [3.05, 3.63) is 35.4 Å². The number of amides is 1. The number of carbonyl (C=O) groups is 1. The monoisotopic (exact) mass is 342 g/mol. The number of benzene rings is 1. The van der Waals surface area contributed by atoms with Crippen molar-refractivity contribution >= 4 is 11.9 Å². The molecule has 2 aliphatic rings. The molecule has 0 aromatic heterocycles. The molecule has 0 radical (unpaired) electrons. The van der Waals surface area contributed by atoms with E-state index in [-0.39, 0.29) is 5.91 Å². The van der Waals surface area contributed by atoms with E-state index in [2.05, 4.69) is 34.6 Å². The average molecular weight is 342 g/mol. The molecule has 1 amide bonds. The molecule has 3 N–H and O–H groups in total. The lowest BCUT2D eigenvalue weighted by molar-refractivity contribution is -0.128. The third-order valence-electron chi connectivity index (χ3n) is 5.21. The Morgan fingerprint density at radius 3 is 2.40 bits per heavy atom. The summed E-state index contributed by atoms with van der Waals surface area (Å²) >= 11 is 0. The van der Waals surface area contributed by atoms with Crippen LogP contribution in [0, 0.1) is 0 Å². The van der Waals surface area contributed by atoms with Gasteiger partial charge in [-0.3, -0.25) is 4.79 Å². The summed E-state index contributed by atoms with van der Waals surface area (Å²) in [6.45, 7) is 2.19. The molecule has 1 saturated carbocycles. The first kappa shape index (κ1) is 17.8. The smallest absolute Gasteiger partial charge is 0.222 e. The van der Waals surface area contributed by atoms with Crippen LogP contribution in [0.3, 0.4) is 0 Å². The summed E-state index contributed by atoms with van der Waals surface area (Å²) in [5.41, 5.74) is 8.37. The van der Waals surface area contributed by atoms with Gasteiger partial charge in [0.2, 0.25) is 5.91 Å². The number of nitrogens with zero attached hydrogens (tertiary/aromatic N) is 2. The summed E-state index contributed by atoms with van der Waals surface area (Å²) in [7, 11) is 0. The normalized spacial score (nSPS) is 19.9. The Balaban J connectivity index is 1.47. The molecule has 1 heterocycles. The van der Waals surface area contributed by atoms with E-state index < -0.39 is 0 Å². The van der Waals surface area contributed by atoms with Crippen molar-refractivity contribution < 1.29 is 4.79 Å². The van der Waals surface area contributed by atoms with Crippen molar-refractivity contribution in [2.24, 2.45) is 10.7 Å². The van der Waals surface area contributed by atoms with Crippen molar-refractivity contribution in [2.45, 2.75) is 70.5 Å². The molecule has 1 aliphatic heterocycles. The number of likely N-dealkylation sites (tertiary alicyclic amines) is 1. The maximum absolute atomic E-state index is 11.7. The van der Waals surface area contributed by atoms with Gasteiger partial charge in [0.1, 0.15) is 0 Å². The first-order valence-corrected chi connectivity index (χ1v) is 9.63. The fourth-order valence-electron chi connectivity index (χ4n) is 3.70. The van der Waals surface area contributed by atoms with Gasteiger partial charge in [0.25, 0.3) is 0 Å². The van der Waals surface area contributed by atoms with Gasteiger partial charge in [0.05, 0.1) is 6.54 Å². The lowest BCUT2D eigenvalue weighted by Crippen LogP contribution is -2.39. The summed E-state index contributed by atoms with van der Waals surface area (Å²) in [6.07, 6.45) is 9.31. The van der Waals surface area contributed by atoms with Crippen LogP contribution in [-0.2, 0) is 17.9 Å². The van der Waals surface area contributed by atoms with Gasteiger partial charge in [0, 0.05) is 25.6 Å². The van der Waals surface area contributed by atoms with Crippen molar-refractivity contribution in [3.63, 3.8) is 0 Å². The second-order valence-corrected chi connectivity index (χ2v) is 7.27. The first-order chi connectivity index (χ1) is 12.2. The van der Waals surface area contributed by atoms with E-state index in [9.17, 15) is 4.79 Å². The van der Waals surface area contributed by atoms with Gasteiger partial charge in [-0.25, -0.2) is 4.99 Å². The second kappa shape index (κ2) is 8.88. The molecule has 0 spiro atoms. The minimum atomic E-state index is 0.269. The number of guanidine groups is 1. The summed E-state index contributed by atoms with van der Waals surface area (Å²) in [5.74, 6) is 0.824. The Kier molecular flexibility index (Phi) is 6.31. The van der Waals surface area contributed by atoms with Crippen LogP contribution < -0.4 is 11.1 Å². The number of hydrogen-bond acceptors (Lipinski definition) is 2. The van der Waals surface area contributed by atoms with Crippen LogP contribution in [0.5, 0.6) is 0 Å². The summed E-state index contributed by atoms with van der Waals surface area (Å²) in [6, 6.07) is 8.82. The van der Waals surface area contributed by atoms with Crippen LogP contribution in [0.4, 0.5) is 0 Å². The van der Waals surface area contributed by atoms with Gasteiger partial charge in [-0.15, -0.1) is 0 Å². The lowest BCUT2D eigenvalue weighted by atomic mass is 10.1. The molecule has 1 aliphatic carbocycles. The SMILES string of the molecule is NC(=NCc1ccc(CN2CCCC2=O)cc1)NC1CCCCCC1. The van der Waals surface area contributed by atoms with E-state index in [0.717, 1.165) is 18.5 Å². The maximum atomic E-state index is 11.7. The van der Waals surface area contributed by atoms with Crippen LogP contribution in [0.2, 0.25) is 0 Å². The van der Waals surface area contributed by atoms with Crippen molar-refractivity contribution in [1.29, 1.82) is 0 Å². The zero-order valence-corrected chi connectivity index (χ0v) is 15.0. The van der Waals surface area contributed by atoms with Crippen LogP contribution in [0.1, 0.15) is 62.5 Å².